The highest BCUT2D eigenvalue weighted by atomic mass is 32.2. The topological polar surface area (TPSA) is 72.2 Å². The molecule has 0 radical (unpaired) electrons. The van der Waals surface area contributed by atoms with Crippen molar-refractivity contribution in [2.24, 2.45) is 0 Å². The van der Waals surface area contributed by atoms with Gasteiger partial charge in [-0.25, -0.2) is 18.1 Å². The van der Waals surface area contributed by atoms with Crippen LogP contribution in [0.25, 0.3) is 0 Å². The van der Waals surface area contributed by atoms with E-state index in [0.29, 0.717) is 23.8 Å². The minimum absolute atomic E-state index is 0.300. The second-order valence-electron chi connectivity index (χ2n) is 5.67. The van der Waals surface area contributed by atoms with E-state index in [9.17, 15) is 8.42 Å². The van der Waals surface area contributed by atoms with Gasteiger partial charge in [0.25, 0.3) is 0 Å². The Kier molecular flexibility index (Phi) is 4.06. The average molecular weight is 320 g/mol. The lowest BCUT2D eigenvalue weighted by Gasteiger charge is -2.08. The van der Waals surface area contributed by atoms with Crippen molar-refractivity contribution in [2.45, 2.75) is 44.4 Å². The Labute approximate surface area is 130 Å². The van der Waals surface area contributed by atoms with Crippen molar-refractivity contribution in [3.8, 4) is 0 Å². The van der Waals surface area contributed by atoms with Crippen LogP contribution in [0.2, 0.25) is 0 Å². The first-order valence-electron chi connectivity index (χ1n) is 7.50. The van der Waals surface area contributed by atoms with Crippen LogP contribution in [0.5, 0.6) is 0 Å². The summed E-state index contributed by atoms with van der Waals surface area (Å²) in [4.78, 5) is 4.53. The van der Waals surface area contributed by atoms with Crippen molar-refractivity contribution in [3.05, 3.63) is 46.7 Å². The number of nitrogens with zero attached hydrogens (tertiary/aromatic N) is 1. The van der Waals surface area contributed by atoms with Gasteiger partial charge in [-0.3, -0.25) is 0 Å². The summed E-state index contributed by atoms with van der Waals surface area (Å²) in [5, 5.41) is 0. The van der Waals surface area contributed by atoms with Gasteiger partial charge >= 0.3 is 0 Å². The van der Waals surface area contributed by atoms with Gasteiger partial charge in [-0.05, 0) is 49.4 Å². The molecule has 118 valence electrons. The maximum atomic E-state index is 12.4. The molecule has 22 heavy (non-hydrogen) atoms. The Morgan fingerprint density at radius 2 is 2.00 bits per heavy atom. The Bertz CT molecular complexity index is 794. The molecule has 0 saturated heterocycles. The Balaban J connectivity index is 1.67. The molecule has 6 heteroatoms. The van der Waals surface area contributed by atoms with Crippen LogP contribution in [0.4, 0.5) is 0 Å². The van der Waals surface area contributed by atoms with Gasteiger partial charge in [0.05, 0.1) is 10.6 Å². The van der Waals surface area contributed by atoms with Gasteiger partial charge in [0, 0.05) is 19.9 Å². The molecule has 0 amide bonds. The fourth-order valence-corrected chi connectivity index (χ4v) is 3.99. The molecule has 0 unspecified atom stereocenters. The van der Waals surface area contributed by atoms with Crippen LogP contribution < -0.4 is 4.72 Å². The van der Waals surface area contributed by atoms with Gasteiger partial charge in [-0.15, -0.1) is 0 Å². The monoisotopic (exact) mass is 320 g/mol. The van der Waals surface area contributed by atoms with E-state index >= 15 is 0 Å². The zero-order valence-corrected chi connectivity index (χ0v) is 13.7. The van der Waals surface area contributed by atoms with E-state index < -0.39 is 10.0 Å². The lowest BCUT2D eigenvalue weighted by atomic mass is 10.1. The largest absolute Gasteiger partial charge is 0.446 e. The molecule has 2 aromatic rings. The third-order valence-electron chi connectivity index (χ3n) is 4.02. The van der Waals surface area contributed by atoms with E-state index in [1.165, 1.54) is 5.56 Å². The van der Waals surface area contributed by atoms with Crippen LogP contribution in [0, 0.1) is 13.8 Å². The number of hydrogen-bond acceptors (Lipinski definition) is 4. The molecule has 1 aromatic heterocycles. The molecule has 1 aliphatic rings. The number of sulfonamides is 1. The molecule has 5 nitrogen and oxygen atoms in total. The number of hydrogen-bond donors (Lipinski definition) is 1. The molecule has 0 spiro atoms. The molecule has 1 aromatic carbocycles. The fourth-order valence-electron chi connectivity index (χ4n) is 2.90. The van der Waals surface area contributed by atoms with E-state index in [2.05, 4.69) is 9.71 Å². The maximum absolute atomic E-state index is 12.4. The summed E-state index contributed by atoms with van der Waals surface area (Å²) in [5.74, 6) is 1.34. The highest BCUT2D eigenvalue weighted by Gasteiger charge is 2.18. The van der Waals surface area contributed by atoms with E-state index in [1.54, 1.807) is 19.1 Å². The van der Waals surface area contributed by atoms with Crippen LogP contribution in [-0.2, 0) is 29.3 Å². The summed E-state index contributed by atoms with van der Waals surface area (Å²) in [6.45, 7) is 3.95. The van der Waals surface area contributed by atoms with Crippen molar-refractivity contribution >= 4 is 10.0 Å². The summed E-state index contributed by atoms with van der Waals surface area (Å²) in [7, 11) is -3.47. The standard InChI is InChI=1S/C16H20N2O3S/c1-11-16(21-12(2)18-11)8-9-17-22(19,20)15-7-6-13-4-3-5-14(13)10-15/h6-7,10,17H,3-5,8-9H2,1-2H3. The van der Waals surface area contributed by atoms with Gasteiger partial charge in [0.15, 0.2) is 5.89 Å². The minimum atomic E-state index is -3.47. The van der Waals surface area contributed by atoms with Crippen LogP contribution in [0.1, 0.15) is 34.9 Å². The zero-order valence-electron chi connectivity index (χ0n) is 12.8. The molecule has 1 N–H and O–H groups in total. The summed E-state index contributed by atoms with van der Waals surface area (Å²) in [5.41, 5.74) is 3.24. The normalized spacial score (nSPS) is 14.3. The molecule has 0 atom stereocenters. The lowest BCUT2D eigenvalue weighted by Crippen LogP contribution is -2.26. The summed E-state index contributed by atoms with van der Waals surface area (Å²) >= 11 is 0. The third kappa shape index (κ3) is 3.08. The van der Waals surface area contributed by atoms with Gasteiger partial charge in [0.1, 0.15) is 5.76 Å². The predicted octanol–water partition coefficient (Wildman–Crippen LogP) is 2.30. The number of aromatic nitrogens is 1. The second kappa shape index (κ2) is 5.85. The molecule has 1 heterocycles. The molecular formula is C16H20N2O3S. The van der Waals surface area contributed by atoms with Crippen LogP contribution in [0.3, 0.4) is 0 Å². The number of fused-ring (bicyclic) bond motifs is 1. The Morgan fingerprint density at radius 1 is 1.23 bits per heavy atom. The van der Waals surface area contributed by atoms with Crippen LogP contribution >= 0.6 is 0 Å². The smallest absolute Gasteiger partial charge is 0.240 e. The van der Waals surface area contributed by atoms with Crippen molar-refractivity contribution in [1.29, 1.82) is 0 Å². The maximum Gasteiger partial charge on any atom is 0.240 e. The van der Waals surface area contributed by atoms with E-state index in [-0.39, 0.29) is 0 Å². The second-order valence-corrected chi connectivity index (χ2v) is 7.44. The predicted molar refractivity (Wildman–Crippen MR) is 83.3 cm³/mol. The van der Waals surface area contributed by atoms with Crippen LogP contribution in [-0.4, -0.2) is 19.9 Å². The van der Waals surface area contributed by atoms with E-state index in [4.69, 9.17) is 4.42 Å². The van der Waals surface area contributed by atoms with Crippen molar-refractivity contribution in [3.63, 3.8) is 0 Å². The first-order chi connectivity index (χ1) is 10.5. The van der Waals surface area contributed by atoms with Crippen molar-refractivity contribution in [1.82, 2.24) is 9.71 Å². The Hall–Kier alpha value is -1.66. The van der Waals surface area contributed by atoms with Crippen molar-refractivity contribution < 1.29 is 12.8 Å². The number of oxazole rings is 1. The van der Waals surface area contributed by atoms with Crippen molar-refractivity contribution in [2.75, 3.05) is 6.54 Å². The average Bonchev–Trinajstić information content (AvgIpc) is 3.04. The first kappa shape index (κ1) is 15.2. The number of benzene rings is 1. The molecule has 0 fully saturated rings. The quantitative estimate of drug-likeness (QED) is 0.917. The lowest BCUT2D eigenvalue weighted by molar-refractivity contribution is 0.472. The van der Waals surface area contributed by atoms with Gasteiger partial charge in [0.2, 0.25) is 10.0 Å². The molecule has 0 aliphatic heterocycles. The third-order valence-corrected chi connectivity index (χ3v) is 5.48. The SMILES string of the molecule is Cc1nc(C)c(CCNS(=O)(=O)c2ccc3c(c2)CCC3)o1. The molecule has 0 saturated carbocycles. The van der Waals surface area contributed by atoms with E-state index in [1.807, 2.05) is 13.0 Å². The molecule has 1 aliphatic carbocycles. The first-order valence-corrected chi connectivity index (χ1v) is 8.98. The van der Waals surface area contributed by atoms with Gasteiger partial charge in [-0.2, -0.15) is 0 Å². The van der Waals surface area contributed by atoms with Crippen LogP contribution in [0.15, 0.2) is 27.5 Å². The van der Waals surface area contributed by atoms with E-state index in [0.717, 1.165) is 36.3 Å². The Morgan fingerprint density at radius 3 is 2.73 bits per heavy atom. The molecular weight excluding hydrogens is 300 g/mol. The number of nitrogens with one attached hydrogen (secondary N) is 1. The molecule has 3 rings (SSSR count). The zero-order chi connectivity index (χ0) is 15.7. The summed E-state index contributed by atoms with van der Waals surface area (Å²) < 4.78 is 32.8. The number of aryl methyl sites for hydroxylation is 4. The highest BCUT2D eigenvalue weighted by Crippen LogP contribution is 2.24. The molecule has 0 bridgehead atoms. The summed E-state index contributed by atoms with van der Waals surface area (Å²) in [6, 6.07) is 5.42. The summed E-state index contributed by atoms with van der Waals surface area (Å²) in [6.07, 6.45) is 3.62. The van der Waals surface area contributed by atoms with Gasteiger partial charge < -0.3 is 4.42 Å². The fraction of sp³-hybridized carbons (Fsp3) is 0.438. The number of rotatable bonds is 5. The van der Waals surface area contributed by atoms with Gasteiger partial charge in [-0.1, -0.05) is 6.07 Å². The highest BCUT2D eigenvalue weighted by molar-refractivity contribution is 7.89. The minimum Gasteiger partial charge on any atom is -0.446 e.